The van der Waals surface area contributed by atoms with E-state index in [0.29, 0.717) is 23.9 Å². The van der Waals surface area contributed by atoms with Crippen LogP contribution in [0.1, 0.15) is 34.1 Å². The Hall–Kier alpha value is -0.520. The van der Waals surface area contributed by atoms with Crippen LogP contribution in [0.5, 0.6) is 0 Å². The lowest BCUT2D eigenvalue weighted by atomic mass is 9.94. The molecule has 1 rings (SSSR count). The lowest BCUT2D eigenvalue weighted by Crippen LogP contribution is -2.59. The van der Waals surface area contributed by atoms with E-state index in [4.69, 9.17) is 6.42 Å². The summed E-state index contributed by atoms with van der Waals surface area (Å²) in [6, 6.07) is 1.26. The summed E-state index contributed by atoms with van der Waals surface area (Å²) in [6.07, 6.45) is 6.24. The maximum absolute atomic E-state index is 5.37. The third kappa shape index (κ3) is 3.50. The van der Waals surface area contributed by atoms with Gasteiger partial charge < -0.3 is 5.32 Å². The first-order chi connectivity index (χ1) is 7.56. The van der Waals surface area contributed by atoms with Crippen LogP contribution in [0.3, 0.4) is 0 Å². The minimum atomic E-state index is 0.618. The number of hydrogen-bond acceptors (Lipinski definition) is 2. The average Bonchev–Trinajstić information content (AvgIpc) is 2.25. The van der Waals surface area contributed by atoms with E-state index in [9.17, 15) is 0 Å². The van der Waals surface area contributed by atoms with Gasteiger partial charge in [-0.2, -0.15) is 0 Å². The minimum Gasteiger partial charge on any atom is -0.311 e. The molecule has 1 aliphatic heterocycles. The molecule has 2 unspecified atom stereocenters. The highest BCUT2D eigenvalue weighted by Crippen LogP contribution is 2.18. The molecule has 0 spiro atoms. The van der Waals surface area contributed by atoms with Gasteiger partial charge in [0.2, 0.25) is 0 Å². The van der Waals surface area contributed by atoms with Gasteiger partial charge >= 0.3 is 0 Å². The third-order valence-electron chi connectivity index (χ3n) is 3.61. The Morgan fingerprint density at radius 1 is 1.31 bits per heavy atom. The molecule has 0 aromatic heterocycles. The van der Waals surface area contributed by atoms with Gasteiger partial charge in [-0.3, -0.25) is 4.90 Å². The van der Waals surface area contributed by atoms with Gasteiger partial charge in [-0.1, -0.05) is 27.7 Å². The summed E-state index contributed by atoms with van der Waals surface area (Å²) in [4.78, 5) is 2.58. The molecule has 1 heterocycles. The van der Waals surface area contributed by atoms with Gasteiger partial charge in [0.05, 0.1) is 0 Å². The number of nitrogens with one attached hydrogen (secondary N) is 1. The topological polar surface area (TPSA) is 15.3 Å². The summed E-state index contributed by atoms with van der Waals surface area (Å²) in [5.41, 5.74) is 0. The van der Waals surface area contributed by atoms with E-state index in [-0.39, 0.29) is 0 Å². The third-order valence-corrected chi connectivity index (χ3v) is 3.61. The SMILES string of the molecule is C#CCCN1CC(C(C)C)NCC1C(C)C. The van der Waals surface area contributed by atoms with Gasteiger partial charge in [-0.25, -0.2) is 0 Å². The van der Waals surface area contributed by atoms with Crippen LogP contribution in [-0.4, -0.2) is 36.6 Å². The Bertz CT molecular complexity index is 240. The van der Waals surface area contributed by atoms with Gasteiger partial charge in [0.15, 0.2) is 0 Å². The summed E-state index contributed by atoms with van der Waals surface area (Å²) in [5, 5.41) is 3.66. The van der Waals surface area contributed by atoms with E-state index in [1.807, 2.05) is 0 Å². The maximum atomic E-state index is 5.37. The highest BCUT2D eigenvalue weighted by atomic mass is 15.2. The minimum absolute atomic E-state index is 0.618. The van der Waals surface area contributed by atoms with E-state index >= 15 is 0 Å². The zero-order valence-corrected chi connectivity index (χ0v) is 11.2. The molecule has 0 aromatic carbocycles. The molecule has 1 saturated heterocycles. The molecule has 0 radical (unpaired) electrons. The summed E-state index contributed by atoms with van der Waals surface area (Å²) in [5.74, 6) is 4.15. The summed E-state index contributed by atoms with van der Waals surface area (Å²) in [6.45, 7) is 12.5. The van der Waals surface area contributed by atoms with Crippen molar-refractivity contribution in [2.24, 2.45) is 11.8 Å². The Labute approximate surface area is 101 Å². The first-order valence-corrected chi connectivity index (χ1v) is 6.47. The number of piperazine rings is 1. The predicted octanol–water partition coefficient (Wildman–Crippen LogP) is 1.96. The van der Waals surface area contributed by atoms with E-state index in [0.717, 1.165) is 26.1 Å². The number of rotatable bonds is 4. The molecule has 16 heavy (non-hydrogen) atoms. The lowest BCUT2D eigenvalue weighted by Gasteiger charge is -2.43. The van der Waals surface area contributed by atoms with Gasteiger partial charge in [0.25, 0.3) is 0 Å². The Morgan fingerprint density at radius 3 is 2.50 bits per heavy atom. The fourth-order valence-electron chi connectivity index (χ4n) is 2.42. The van der Waals surface area contributed by atoms with E-state index in [2.05, 4.69) is 43.8 Å². The van der Waals surface area contributed by atoms with E-state index in [1.54, 1.807) is 0 Å². The zero-order valence-electron chi connectivity index (χ0n) is 11.2. The van der Waals surface area contributed by atoms with Gasteiger partial charge in [-0.15, -0.1) is 12.3 Å². The van der Waals surface area contributed by atoms with Crippen molar-refractivity contribution >= 4 is 0 Å². The van der Waals surface area contributed by atoms with E-state index < -0.39 is 0 Å². The maximum Gasteiger partial charge on any atom is 0.0244 e. The highest BCUT2D eigenvalue weighted by Gasteiger charge is 2.30. The summed E-state index contributed by atoms with van der Waals surface area (Å²) >= 11 is 0. The largest absolute Gasteiger partial charge is 0.311 e. The molecular weight excluding hydrogens is 196 g/mol. The molecule has 0 aliphatic carbocycles. The Balaban J connectivity index is 2.58. The highest BCUT2D eigenvalue weighted by molar-refractivity contribution is 4.92. The molecule has 1 N–H and O–H groups in total. The van der Waals surface area contributed by atoms with Crippen molar-refractivity contribution in [2.45, 2.75) is 46.2 Å². The van der Waals surface area contributed by atoms with Crippen molar-refractivity contribution < 1.29 is 0 Å². The molecule has 0 bridgehead atoms. The molecule has 92 valence electrons. The standard InChI is InChI=1S/C14H26N2/c1-6-7-8-16-10-13(11(2)3)15-9-14(16)12(4)5/h1,11-15H,7-10H2,2-5H3. The molecule has 0 amide bonds. The van der Waals surface area contributed by atoms with Crippen LogP contribution in [0.2, 0.25) is 0 Å². The first-order valence-electron chi connectivity index (χ1n) is 6.47. The fraction of sp³-hybridized carbons (Fsp3) is 0.857. The Morgan fingerprint density at radius 2 is 2.00 bits per heavy atom. The average molecular weight is 222 g/mol. The van der Waals surface area contributed by atoms with Crippen molar-refractivity contribution in [1.29, 1.82) is 0 Å². The molecule has 0 saturated carbocycles. The van der Waals surface area contributed by atoms with Crippen LogP contribution in [0.4, 0.5) is 0 Å². The van der Waals surface area contributed by atoms with Crippen LogP contribution in [0.25, 0.3) is 0 Å². The second-order valence-electron chi connectivity index (χ2n) is 5.52. The van der Waals surface area contributed by atoms with Crippen LogP contribution >= 0.6 is 0 Å². The molecule has 2 heteroatoms. The van der Waals surface area contributed by atoms with Crippen molar-refractivity contribution in [3.63, 3.8) is 0 Å². The molecule has 2 nitrogen and oxygen atoms in total. The monoisotopic (exact) mass is 222 g/mol. The van der Waals surface area contributed by atoms with Crippen LogP contribution in [0, 0.1) is 24.2 Å². The van der Waals surface area contributed by atoms with Crippen LogP contribution < -0.4 is 5.32 Å². The molecule has 0 aromatic rings. The second kappa shape index (κ2) is 6.27. The smallest absolute Gasteiger partial charge is 0.0244 e. The van der Waals surface area contributed by atoms with E-state index in [1.165, 1.54) is 0 Å². The van der Waals surface area contributed by atoms with Crippen molar-refractivity contribution in [3.05, 3.63) is 0 Å². The normalized spacial score (nSPS) is 27.3. The molecule has 1 aliphatic rings. The number of nitrogens with zero attached hydrogens (tertiary/aromatic N) is 1. The fourth-order valence-corrected chi connectivity index (χ4v) is 2.42. The quantitative estimate of drug-likeness (QED) is 0.732. The van der Waals surface area contributed by atoms with Gasteiger partial charge in [0.1, 0.15) is 0 Å². The first kappa shape index (κ1) is 13.5. The van der Waals surface area contributed by atoms with Crippen LogP contribution in [-0.2, 0) is 0 Å². The molecule has 2 atom stereocenters. The Kier molecular flexibility index (Phi) is 5.31. The summed E-state index contributed by atoms with van der Waals surface area (Å²) in [7, 11) is 0. The van der Waals surface area contributed by atoms with Gasteiger partial charge in [0, 0.05) is 38.1 Å². The van der Waals surface area contributed by atoms with Crippen molar-refractivity contribution in [1.82, 2.24) is 10.2 Å². The molecule has 1 fully saturated rings. The lowest BCUT2D eigenvalue weighted by molar-refractivity contribution is 0.0875. The predicted molar refractivity (Wildman–Crippen MR) is 70.3 cm³/mol. The van der Waals surface area contributed by atoms with Crippen molar-refractivity contribution in [2.75, 3.05) is 19.6 Å². The summed E-state index contributed by atoms with van der Waals surface area (Å²) < 4.78 is 0. The second-order valence-corrected chi connectivity index (χ2v) is 5.52. The number of terminal acetylenes is 1. The van der Waals surface area contributed by atoms with Crippen molar-refractivity contribution in [3.8, 4) is 12.3 Å². The molecular formula is C14H26N2. The zero-order chi connectivity index (χ0) is 12.1. The van der Waals surface area contributed by atoms with Crippen LogP contribution in [0.15, 0.2) is 0 Å². The number of hydrogen-bond donors (Lipinski definition) is 1. The van der Waals surface area contributed by atoms with Gasteiger partial charge in [-0.05, 0) is 11.8 Å².